The Bertz CT molecular complexity index is 701. The first kappa shape index (κ1) is 14.8. The highest BCUT2D eigenvalue weighted by Gasteiger charge is 2.24. The predicted molar refractivity (Wildman–Crippen MR) is 92.1 cm³/mol. The number of H-pyrrole nitrogens is 1. The van der Waals surface area contributed by atoms with Crippen molar-refractivity contribution in [3.05, 3.63) is 46.5 Å². The van der Waals surface area contributed by atoms with Crippen LogP contribution < -0.4 is 4.90 Å². The molecule has 0 unspecified atom stereocenters. The van der Waals surface area contributed by atoms with Gasteiger partial charge in [0.1, 0.15) is 0 Å². The second-order valence-corrected chi connectivity index (χ2v) is 6.90. The summed E-state index contributed by atoms with van der Waals surface area (Å²) in [5.74, 6) is 0.644. The number of aromatic amines is 1. The number of anilines is 1. The van der Waals surface area contributed by atoms with E-state index in [-0.39, 0.29) is 0 Å². The maximum atomic E-state index is 5.49. The Morgan fingerprint density at radius 1 is 1.22 bits per heavy atom. The zero-order chi connectivity index (χ0) is 15.8. The molecule has 0 bridgehead atoms. The Hall–Kier alpha value is -1.81. The maximum absolute atomic E-state index is 5.49. The maximum Gasteiger partial charge on any atom is 0.0585 e. The largest absolute Gasteiger partial charge is 0.381 e. The van der Waals surface area contributed by atoms with Crippen molar-refractivity contribution in [2.75, 3.05) is 24.7 Å². The first-order chi connectivity index (χ1) is 11.2. The molecule has 4 heteroatoms. The van der Waals surface area contributed by atoms with E-state index >= 15 is 0 Å². The minimum absolute atomic E-state index is 0.644. The van der Waals surface area contributed by atoms with Gasteiger partial charge in [0, 0.05) is 55.7 Å². The van der Waals surface area contributed by atoms with Gasteiger partial charge in [-0.3, -0.25) is 4.98 Å². The van der Waals surface area contributed by atoms with E-state index in [1.165, 1.54) is 28.2 Å². The lowest BCUT2D eigenvalue weighted by Crippen LogP contribution is -2.30. The SMILES string of the molecule is Cc1cc(C)c(N2CCc3[nH]c(C4CCOCC4)cc3C2)cn1. The molecule has 4 rings (SSSR count). The van der Waals surface area contributed by atoms with Crippen LogP contribution in [0.5, 0.6) is 0 Å². The molecule has 0 spiro atoms. The summed E-state index contributed by atoms with van der Waals surface area (Å²) in [6.45, 7) is 8.08. The molecule has 2 aliphatic rings. The van der Waals surface area contributed by atoms with Crippen LogP contribution in [-0.2, 0) is 17.7 Å². The van der Waals surface area contributed by atoms with Gasteiger partial charge in [0.25, 0.3) is 0 Å². The number of aromatic nitrogens is 2. The van der Waals surface area contributed by atoms with Crippen LogP contribution in [0.3, 0.4) is 0 Å². The van der Waals surface area contributed by atoms with Crippen LogP contribution in [0.15, 0.2) is 18.3 Å². The van der Waals surface area contributed by atoms with Gasteiger partial charge in [-0.05, 0) is 49.9 Å². The van der Waals surface area contributed by atoms with Crippen molar-refractivity contribution in [1.29, 1.82) is 0 Å². The second-order valence-electron chi connectivity index (χ2n) is 6.90. The first-order valence-corrected chi connectivity index (χ1v) is 8.67. The highest BCUT2D eigenvalue weighted by atomic mass is 16.5. The molecule has 2 aliphatic heterocycles. The molecule has 0 atom stereocenters. The molecule has 23 heavy (non-hydrogen) atoms. The summed E-state index contributed by atoms with van der Waals surface area (Å²) >= 11 is 0. The summed E-state index contributed by atoms with van der Waals surface area (Å²) in [5, 5.41) is 0. The molecule has 1 fully saturated rings. The van der Waals surface area contributed by atoms with Gasteiger partial charge in [-0.25, -0.2) is 0 Å². The number of fused-ring (bicyclic) bond motifs is 1. The minimum Gasteiger partial charge on any atom is -0.381 e. The zero-order valence-electron chi connectivity index (χ0n) is 14.1. The van der Waals surface area contributed by atoms with Gasteiger partial charge in [-0.15, -0.1) is 0 Å². The monoisotopic (exact) mass is 311 g/mol. The standard InChI is InChI=1S/C19H25N3O/c1-13-9-14(2)20-11-19(13)22-6-3-17-16(12-22)10-18(21-17)15-4-7-23-8-5-15/h9-11,15,21H,3-8,12H2,1-2H3. The number of pyridine rings is 1. The molecule has 0 radical (unpaired) electrons. The van der Waals surface area contributed by atoms with Crippen LogP contribution in [0.4, 0.5) is 5.69 Å². The highest BCUT2D eigenvalue weighted by molar-refractivity contribution is 5.54. The van der Waals surface area contributed by atoms with Gasteiger partial charge in [0.15, 0.2) is 0 Å². The molecule has 4 nitrogen and oxygen atoms in total. The lowest BCUT2D eigenvalue weighted by Gasteiger charge is -2.30. The summed E-state index contributed by atoms with van der Waals surface area (Å²) in [4.78, 5) is 10.7. The number of nitrogens with zero attached hydrogens (tertiary/aromatic N) is 2. The molecule has 2 aromatic rings. The molecular weight excluding hydrogens is 286 g/mol. The van der Waals surface area contributed by atoms with Gasteiger partial charge in [-0.1, -0.05) is 0 Å². The van der Waals surface area contributed by atoms with E-state index in [2.05, 4.69) is 40.8 Å². The number of aryl methyl sites for hydroxylation is 2. The Morgan fingerprint density at radius 3 is 2.83 bits per heavy atom. The molecule has 0 aliphatic carbocycles. The van der Waals surface area contributed by atoms with Crippen molar-refractivity contribution in [2.24, 2.45) is 0 Å². The lowest BCUT2D eigenvalue weighted by atomic mass is 9.96. The number of ether oxygens (including phenoxy) is 1. The summed E-state index contributed by atoms with van der Waals surface area (Å²) in [6.07, 6.45) is 5.40. The van der Waals surface area contributed by atoms with Crippen molar-refractivity contribution in [3.63, 3.8) is 0 Å². The fraction of sp³-hybridized carbons (Fsp3) is 0.526. The van der Waals surface area contributed by atoms with Crippen LogP contribution in [0.25, 0.3) is 0 Å². The predicted octanol–water partition coefficient (Wildman–Crippen LogP) is 3.48. The summed E-state index contributed by atoms with van der Waals surface area (Å²) in [5.41, 5.74) is 7.99. The van der Waals surface area contributed by atoms with Gasteiger partial charge in [-0.2, -0.15) is 0 Å². The van der Waals surface area contributed by atoms with Crippen molar-refractivity contribution in [1.82, 2.24) is 9.97 Å². The van der Waals surface area contributed by atoms with Gasteiger partial charge >= 0.3 is 0 Å². The van der Waals surface area contributed by atoms with Crippen LogP contribution in [0.1, 0.15) is 47.0 Å². The Balaban J connectivity index is 1.56. The number of nitrogens with one attached hydrogen (secondary N) is 1. The first-order valence-electron chi connectivity index (χ1n) is 8.67. The Labute approximate surface area is 137 Å². The minimum atomic E-state index is 0.644. The van der Waals surface area contributed by atoms with Gasteiger partial charge in [0.2, 0.25) is 0 Å². The third-order valence-electron chi connectivity index (χ3n) is 5.23. The summed E-state index contributed by atoms with van der Waals surface area (Å²) < 4.78 is 5.49. The van der Waals surface area contributed by atoms with Crippen LogP contribution in [0, 0.1) is 13.8 Å². The number of hydrogen-bond acceptors (Lipinski definition) is 3. The molecule has 1 saturated heterocycles. The number of rotatable bonds is 2. The zero-order valence-corrected chi connectivity index (χ0v) is 14.1. The normalized spacial score (nSPS) is 19.0. The molecule has 1 N–H and O–H groups in total. The van der Waals surface area contributed by atoms with E-state index in [0.29, 0.717) is 5.92 Å². The second kappa shape index (κ2) is 6.00. The van der Waals surface area contributed by atoms with E-state index in [1.807, 2.05) is 6.20 Å². The summed E-state index contributed by atoms with van der Waals surface area (Å²) in [6, 6.07) is 4.57. The lowest BCUT2D eigenvalue weighted by molar-refractivity contribution is 0.0846. The molecule has 4 heterocycles. The molecule has 0 amide bonds. The quantitative estimate of drug-likeness (QED) is 0.923. The van der Waals surface area contributed by atoms with Crippen molar-refractivity contribution >= 4 is 5.69 Å². The smallest absolute Gasteiger partial charge is 0.0585 e. The van der Waals surface area contributed by atoms with Crippen LogP contribution in [-0.4, -0.2) is 29.7 Å². The average Bonchev–Trinajstić information content (AvgIpc) is 2.99. The fourth-order valence-corrected chi connectivity index (χ4v) is 3.92. The Kier molecular flexibility index (Phi) is 3.85. The third kappa shape index (κ3) is 2.88. The van der Waals surface area contributed by atoms with E-state index in [4.69, 9.17) is 4.74 Å². The van der Waals surface area contributed by atoms with E-state index in [9.17, 15) is 0 Å². The topological polar surface area (TPSA) is 41.2 Å². The van der Waals surface area contributed by atoms with Crippen LogP contribution >= 0.6 is 0 Å². The molecule has 0 saturated carbocycles. The fourth-order valence-electron chi connectivity index (χ4n) is 3.92. The van der Waals surface area contributed by atoms with E-state index in [1.54, 1.807) is 0 Å². The van der Waals surface area contributed by atoms with Gasteiger partial charge in [0.05, 0.1) is 11.9 Å². The number of hydrogen-bond donors (Lipinski definition) is 1. The van der Waals surface area contributed by atoms with Crippen molar-refractivity contribution < 1.29 is 4.74 Å². The van der Waals surface area contributed by atoms with Gasteiger partial charge < -0.3 is 14.6 Å². The van der Waals surface area contributed by atoms with E-state index < -0.39 is 0 Å². The molecule has 2 aromatic heterocycles. The third-order valence-corrected chi connectivity index (χ3v) is 5.23. The average molecular weight is 311 g/mol. The highest BCUT2D eigenvalue weighted by Crippen LogP contribution is 2.32. The Morgan fingerprint density at radius 2 is 2.04 bits per heavy atom. The van der Waals surface area contributed by atoms with Crippen molar-refractivity contribution in [3.8, 4) is 0 Å². The summed E-state index contributed by atoms with van der Waals surface area (Å²) in [7, 11) is 0. The van der Waals surface area contributed by atoms with Crippen LogP contribution in [0.2, 0.25) is 0 Å². The molecular formula is C19H25N3O. The van der Waals surface area contributed by atoms with E-state index in [0.717, 1.165) is 51.3 Å². The van der Waals surface area contributed by atoms with Crippen molar-refractivity contribution in [2.45, 2.75) is 45.6 Å². The molecule has 0 aromatic carbocycles. The molecule has 122 valence electrons.